The molecule has 0 radical (unpaired) electrons. The average Bonchev–Trinajstić information content (AvgIpc) is 2.85. The third-order valence-corrected chi connectivity index (χ3v) is 5.45. The molecule has 4 heterocycles. The van der Waals surface area contributed by atoms with Crippen LogP contribution in [0.1, 0.15) is 18.4 Å². The first-order valence-electron chi connectivity index (χ1n) is 11.3. The van der Waals surface area contributed by atoms with Crippen molar-refractivity contribution < 1.29 is 50.9 Å². The van der Waals surface area contributed by atoms with Gasteiger partial charge in [-0.15, -0.1) is 0 Å². The van der Waals surface area contributed by atoms with E-state index in [0.717, 1.165) is 38.5 Å². The smallest absolute Gasteiger partial charge is 0.475 e. The molecule has 2 fully saturated rings. The number of alkyl halides is 6. The summed E-state index contributed by atoms with van der Waals surface area (Å²) in [6, 6.07) is 10.4. The topological polar surface area (TPSA) is 125 Å². The van der Waals surface area contributed by atoms with Crippen molar-refractivity contribution in [1.29, 1.82) is 0 Å². The molecule has 0 aromatic carbocycles. The van der Waals surface area contributed by atoms with Gasteiger partial charge in [0.05, 0.1) is 12.1 Å². The van der Waals surface area contributed by atoms with E-state index in [1.54, 1.807) is 0 Å². The van der Waals surface area contributed by atoms with Crippen LogP contribution in [-0.2, 0) is 20.9 Å². The number of carboxylic acids is 2. The minimum absolute atomic E-state index is 0.274. The third-order valence-electron chi connectivity index (χ3n) is 5.45. The second-order valence-electron chi connectivity index (χ2n) is 8.36. The molecule has 2 aliphatic heterocycles. The lowest BCUT2D eigenvalue weighted by molar-refractivity contribution is -0.193. The maximum absolute atomic E-state index is 10.6. The van der Waals surface area contributed by atoms with E-state index >= 15 is 0 Å². The molecule has 2 aromatic heterocycles. The van der Waals surface area contributed by atoms with E-state index in [4.69, 9.17) is 24.5 Å². The zero-order valence-electron chi connectivity index (χ0n) is 19.8. The molecule has 9 nitrogen and oxygen atoms in total. The number of aliphatic carboxylic acids is 2. The standard InChI is InChI=1S/C19H24N4O.2C2HF3O2/c1-2-9-21-18(7-1)22-17-14-23(12-15-5-3-8-20-11-15)13-16-6-4-10-24-19(16)17;2*3-2(4,5)1(6)7/h1-3,5,7-9,11,16-17,19H,4,6,10,12-14H2,(H,21,22);2*(H,6,7)/t16-,17+,19-;;/m0../s1. The SMILES string of the molecule is O=C(O)C(F)(F)F.O=C(O)C(F)(F)F.c1ccc(N[C@@H]2CN(Cc3cccnc3)C[C@@H]3CCCO[C@@H]32)nc1. The summed E-state index contributed by atoms with van der Waals surface area (Å²) in [4.78, 5) is 29.0. The van der Waals surface area contributed by atoms with Crippen molar-refractivity contribution in [3.05, 3.63) is 54.5 Å². The van der Waals surface area contributed by atoms with Crippen molar-refractivity contribution in [3.8, 4) is 0 Å². The van der Waals surface area contributed by atoms with Gasteiger partial charge >= 0.3 is 24.3 Å². The quantitative estimate of drug-likeness (QED) is 0.486. The van der Waals surface area contributed by atoms with E-state index in [0.29, 0.717) is 5.92 Å². The van der Waals surface area contributed by atoms with Crippen LogP contribution in [0.15, 0.2) is 48.9 Å². The number of aromatic nitrogens is 2. The van der Waals surface area contributed by atoms with Crippen molar-refractivity contribution in [2.24, 2.45) is 5.92 Å². The normalized spacial score (nSPS) is 21.5. The Bertz CT molecular complexity index is 987. The van der Waals surface area contributed by atoms with Crippen LogP contribution >= 0.6 is 0 Å². The molecule has 0 spiro atoms. The van der Waals surface area contributed by atoms with Crippen LogP contribution < -0.4 is 5.32 Å². The minimum Gasteiger partial charge on any atom is -0.475 e. The first-order valence-corrected chi connectivity index (χ1v) is 11.3. The summed E-state index contributed by atoms with van der Waals surface area (Å²) in [5.74, 6) is -4.00. The van der Waals surface area contributed by atoms with Crippen LogP contribution in [-0.4, -0.2) is 81.2 Å². The lowest BCUT2D eigenvalue weighted by Gasteiger charge is -2.46. The van der Waals surface area contributed by atoms with Crippen molar-refractivity contribution in [1.82, 2.24) is 14.9 Å². The number of hydrogen-bond acceptors (Lipinski definition) is 7. The summed E-state index contributed by atoms with van der Waals surface area (Å²) in [7, 11) is 0. The molecule has 2 saturated heterocycles. The Labute approximate surface area is 213 Å². The van der Waals surface area contributed by atoms with E-state index in [1.165, 1.54) is 12.0 Å². The number of pyridine rings is 2. The predicted molar refractivity (Wildman–Crippen MR) is 121 cm³/mol. The molecule has 2 aromatic rings. The number of rotatable bonds is 4. The molecule has 2 aliphatic rings. The van der Waals surface area contributed by atoms with E-state index in [2.05, 4.69) is 26.3 Å². The monoisotopic (exact) mass is 552 g/mol. The van der Waals surface area contributed by atoms with Gasteiger partial charge in [0.2, 0.25) is 0 Å². The van der Waals surface area contributed by atoms with Gasteiger partial charge in [-0.3, -0.25) is 9.88 Å². The Morgan fingerprint density at radius 3 is 2.18 bits per heavy atom. The van der Waals surface area contributed by atoms with Crippen LogP contribution in [0.5, 0.6) is 0 Å². The highest BCUT2D eigenvalue weighted by Crippen LogP contribution is 2.30. The summed E-state index contributed by atoms with van der Waals surface area (Å²) in [5, 5.41) is 17.9. The summed E-state index contributed by atoms with van der Waals surface area (Å²) in [6.07, 6.45) is -1.85. The summed E-state index contributed by atoms with van der Waals surface area (Å²) in [6.45, 7) is 3.88. The highest BCUT2D eigenvalue weighted by atomic mass is 19.4. The number of likely N-dealkylation sites (tertiary alicyclic amines) is 1. The van der Waals surface area contributed by atoms with E-state index in [1.807, 2.05) is 42.9 Å². The molecule has 15 heteroatoms. The van der Waals surface area contributed by atoms with Gasteiger partial charge in [-0.2, -0.15) is 26.3 Å². The lowest BCUT2D eigenvalue weighted by Crippen LogP contribution is -2.57. The van der Waals surface area contributed by atoms with Gasteiger partial charge < -0.3 is 20.3 Å². The molecule has 4 rings (SSSR count). The van der Waals surface area contributed by atoms with Gasteiger partial charge in [-0.1, -0.05) is 12.1 Å². The Kier molecular flexibility index (Phi) is 11.3. The molecular weight excluding hydrogens is 526 g/mol. The van der Waals surface area contributed by atoms with Crippen molar-refractivity contribution in [2.75, 3.05) is 25.0 Å². The van der Waals surface area contributed by atoms with Crippen LogP contribution in [0.4, 0.5) is 32.2 Å². The Morgan fingerprint density at radius 2 is 1.66 bits per heavy atom. The first kappa shape index (κ1) is 30.8. The number of hydrogen-bond donors (Lipinski definition) is 3. The zero-order chi connectivity index (χ0) is 28.3. The number of nitrogens with zero attached hydrogens (tertiary/aromatic N) is 3. The number of anilines is 1. The molecule has 0 saturated carbocycles. The number of ether oxygens (including phenoxy) is 1. The molecule has 210 valence electrons. The lowest BCUT2D eigenvalue weighted by atomic mass is 9.85. The molecule has 3 atom stereocenters. The molecule has 0 bridgehead atoms. The van der Waals surface area contributed by atoms with E-state index in [-0.39, 0.29) is 12.1 Å². The molecule has 0 aliphatic carbocycles. The largest absolute Gasteiger partial charge is 0.490 e. The molecular formula is C23H26F6N4O5. The zero-order valence-corrected chi connectivity index (χ0v) is 19.8. The fourth-order valence-corrected chi connectivity index (χ4v) is 3.94. The predicted octanol–water partition coefficient (Wildman–Crippen LogP) is 3.83. The fourth-order valence-electron chi connectivity index (χ4n) is 3.94. The number of fused-ring (bicyclic) bond motifs is 1. The highest BCUT2D eigenvalue weighted by Gasteiger charge is 2.40. The Morgan fingerprint density at radius 1 is 1.00 bits per heavy atom. The Balaban J connectivity index is 0.000000301. The van der Waals surface area contributed by atoms with Gasteiger partial charge in [-0.05, 0) is 42.5 Å². The first-order chi connectivity index (χ1) is 17.8. The summed E-state index contributed by atoms with van der Waals surface area (Å²) >= 11 is 0. The maximum atomic E-state index is 10.6. The minimum atomic E-state index is -5.08. The second-order valence-corrected chi connectivity index (χ2v) is 8.36. The summed E-state index contributed by atoms with van der Waals surface area (Å²) < 4.78 is 69.6. The third kappa shape index (κ3) is 10.5. The average molecular weight is 552 g/mol. The number of carbonyl (C=O) groups is 2. The molecule has 0 amide bonds. The van der Waals surface area contributed by atoms with Gasteiger partial charge in [0.1, 0.15) is 5.82 Å². The molecule has 38 heavy (non-hydrogen) atoms. The molecule has 0 unspecified atom stereocenters. The number of halogens is 6. The van der Waals surface area contributed by atoms with Gasteiger partial charge in [0, 0.05) is 44.8 Å². The van der Waals surface area contributed by atoms with Crippen LogP contribution in [0.25, 0.3) is 0 Å². The fraction of sp³-hybridized carbons (Fsp3) is 0.478. The van der Waals surface area contributed by atoms with Gasteiger partial charge in [0.15, 0.2) is 0 Å². The van der Waals surface area contributed by atoms with Crippen LogP contribution in [0, 0.1) is 5.92 Å². The summed E-state index contributed by atoms with van der Waals surface area (Å²) in [5.41, 5.74) is 1.27. The number of nitrogens with one attached hydrogen (secondary N) is 1. The molecule has 3 N–H and O–H groups in total. The second kappa shape index (κ2) is 13.9. The van der Waals surface area contributed by atoms with Gasteiger partial charge in [-0.25, -0.2) is 14.6 Å². The van der Waals surface area contributed by atoms with E-state index in [9.17, 15) is 26.3 Å². The van der Waals surface area contributed by atoms with E-state index < -0.39 is 24.3 Å². The highest BCUT2D eigenvalue weighted by molar-refractivity contribution is 5.73. The van der Waals surface area contributed by atoms with Crippen molar-refractivity contribution in [3.63, 3.8) is 0 Å². The van der Waals surface area contributed by atoms with Crippen molar-refractivity contribution in [2.45, 2.75) is 43.9 Å². The van der Waals surface area contributed by atoms with Gasteiger partial charge in [0.25, 0.3) is 0 Å². The Hall–Kier alpha value is -3.46. The van der Waals surface area contributed by atoms with Crippen LogP contribution in [0.3, 0.4) is 0 Å². The number of piperidine rings is 1. The maximum Gasteiger partial charge on any atom is 0.490 e. The number of carboxylic acid groups (broad SMARTS) is 2. The van der Waals surface area contributed by atoms with Crippen LogP contribution in [0.2, 0.25) is 0 Å². The van der Waals surface area contributed by atoms with Crippen molar-refractivity contribution >= 4 is 17.8 Å².